The van der Waals surface area contributed by atoms with E-state index in [1.165, 1.54) is 4.68 Å². The molecule has 0 fully saturated rings. The number of rotatable bonds is 9. The molecule has 20 heavy (non-hydrogen) atoms. The molecule has 1 aromatic rings. The van der Waals surface area contributed by atoms with Crippen LogP contribution in [0.4, 0.5) is 5.69 Å². The molecule has 0 atom stereocenters. The highest BCUT2D eigenvalue weighted by atomic mass is 35.5. The molecular weight excluding hydrogens is 276 g/mol. The third kappa shape index (κ3) is 4.80. The van der Waals surface area contributed by atoms with Gasteiger partial charge in [0.2, 0.25) is 0 Å². The van der Waals surface area contributed by atoms with E-state index < -0.39 is 0 Å². The summed E-state index contributed by atoms with van der Waals surface area (Å²) < 4.78 is 1.41. The molecule has 0 spiro atoms. The first-order valence-electron chi connectivity index (χ1n) is 7.35. The van der Waals surface area contributed by atoms with E-state index in [2.05, 4.69) is 29.2 Å². The van der Waals surface area contributed by atoms with Gasteiger partial charge in [-0.3, -0.25) is 4.79 Å². The predicted molar refractivity (Wildman–Crippen MR) is 84.7 cm³/mol. The van der Waals surface area contributed by atoms with Crippen LogP contribution >= 0.6 is 11.6 Å². The summed E-state index contributed by atoms with van der Waals surface area (Å²) in [5, 5.41) is 7.55. The zero-order valence-corrected chi connectivity index (χ0v) is 13.4. The molecular formula is C14H25ClN4O. The van der Waals surface area contributed by atoms with Crippen LogP contribution in [0.25, 0.3) is 0 Å². The van der Waals surface area contributed by atoms with Gasteiger partial charge in [0.25, 0.3) is 5.56 Å². The van der Waals surface area contributed by atoms with Crippen molar-refractivity contribution in [3.8, 4) is 0 Å². The second-order valence-electron chi connectivity index (χ2n) is 4.76. The minimum atomic E-state index is -0.223. The highest BCUT2D eigenvalue weighted by Gasteiger charge is 2.09. The second kappa shape index (κ2) is 8.97. The molecule has 0 aliphatic carbocycles. The number of aryl methyl sites for hydroxylation is 1. The summed E-state index contributed by atoms with van der Waals surface area (Å²) in [7, 11) is 0. The summed E-state index contributed by atoms with van der Waals surface area (Å²) in [6.45, 7) is 10.7. The van der Waals surface area contributed by atoms with E-state index in [0.717, 1.165) is 39.0 Å². The van der Waals surface area contributed by atoms with Crippen molar-refractivity contribution >= 4 is 17.3 Å². The van der Waals surface area contributed by atoms with Crippen molar-refractivity contribution < 1.29 is 0 Å². The van der Waals surface area contributed by atoms with E-state index in [4.69, 9.17) is 11.6 Å². The minimum Gasteiger partial charge on any atom is -0.381 e. The van der Waals surface area contributed by atoms with Gasteiger partial charge in [-0.1, -0.05) is 32.4 Å². The third-order valence-electron chi connectivity index (χ3n) is 3.15. The topological polar surface area (TPSA) is 50.2 Å². The van der Waals surface area contributed by atoms with Gasteiger partial charge in [0, 0.05) is 19.6 Å². The summed E-state index contributed by atoms with van der Waals surface area (Å²) in [6.07, 6.45) is 3.64. The molecule has 0 radical (unpaired) electrons. The molecule has 0 aliphatic rings. The predicted octanol–water partition coefficient (Wildman–Crippen LogP) is 2.45. The molecule has 0 saturated heterocycles. The highest BCUT2D eigenvalue weighted by Crippen LogP contribution is 2.14. The van der Waals surface area contributed by atoms with E-state index in [1.54, 1.807) is 6.20 Å². The van der Waals surface area contributed by atoms with Crippen LogP contribution in [0.5, 0.6) is 0 Å². The second-order valence-corrected chi connectivity index (χ2v) is 5.14. The maximum Gasteiger partial charge on any atom is 0.287 e. The van der Waals surface area contributed by atoms with Crippen LogP contribution in [0.3, 0.4) is 0 Å². The Morgan fingerprint density at radius 1 is 1.30 bits per heavy atom. The minimum absolute atomic E-state index is 0.223. The molecule has 114 valence electrons. The van der Waals surface area contributed by atoms with Gasteiger partial charge >= 0.3 is 0 Å². The van der Waals surface area contributed by atoms with Crippen molar-refractivity contribution in [3.63, 3.8) is 0 Å². The van der Waals surface area contributed by atoms with Crippen LogP contribution in [0.15, 0.2) is 11.0 Å². The standard InChI is InChI=1S/C14H25ClN4O/c1-4-8-18(6-3)10-7-16-12-11-17-19(9-5-2)14(20)13(12)15/h11,16H,4-10H2,1-3H3. The monoisotopic (exact) mass is 300 g/mol. The van der Waals surface area contributed by atoms with Crippen LogP contribution in [0.1, 0.15) is 33.6 Å². The van der Waals surface area contributed by atoms with E-state index in [1.807, 2.05) is 6.92 Å². The van der Waals surface area contributed by atoms with E-state index >= 15 is 0 Å². The zero-order valence-electron chi connectivity index (χ0n) is 12.7. The molecule has 5 nitrogen and oxygen atoms in total. The molecule has 6 heteroatoms. The Labute approximate surface area is 125 Å². The molecule has 0 aliphatic heterocycles. The lowest BCUT2D eigenvalue weighted by Crippen LogP contribution is -2.30. The van der Waals surface area contributed by atoms with E-state index in [-0.39, 0.29) is 10.6 Å². The average Bonchev–Trinajstić information content (AvgIpc) is 2.45. The van der Waals surface area contributed by atoms with Gasteiger partial charge in [0.05, 0.1) is 11.9 Å². The summed E-state index contributed by atoms with van der Waals surface area (Å²) in [5.41, 5.74) is 0.399. The molecule has 1 N–H and O–H groups in total. The number of nitrogens with one attached hydrogen (secondary N) is 1. The van der Waals surface area contributed by atoms with Gasteiger partial charge < -0.3 is 10.2 Å². The number of aromatic nitrogens is 2. The molecule has 0 amide bonds. The maximum absolute atomic E-state index is 12.0. The smallest absolute Gasteiger partial charge is 0.287 e. The lowest BCUT2D eigenvalue weighted by atomic mass is 10.4. The van der Waals surface area contributed by atoms with Crippen molar-refractivity contribution in [2.75, 3.05) is 31.5 Å². The number of halogens is 1. The quantitative estimate of drug-likeness (QED) is 0.761. The number of hydrogen-bond donors (Lipinski definition) is 1. The average molecular weight is 301 g/mol. The fourth-order valence-corrected chi connectivity index (χ4v) is 2.27. The van der Waals surface area contributed by atoms with Crippen LogP contribution in [-0.4, -0.2) is 40.9 Å². The van der Waals surface area contributed by atoms with Gasteiger partial charge in [-0.25, -0.2) is 4.68 Å². The first-order chi connectivity index (χ1) is 9.63. The first kappa shape index (κ1) is 17.0. The van der Waals surface area contributed by atoms with Crippen molar-refractivity contribution in [3.05, 3.63) is 21.6 Å². The van der Waals surface area contributed by atoms with Crippen molar-refractivity contribution in [2.45, 2.75) is 40.2 Å². The van der Waals surface area contributed by atoms with Crippen LogP contribution in [0, 0.1) is 0 Å². The molecule has 0 saturated carbocycles. The Morgan fingerprint density at radius 3 is 2.65 bits per heavy atom. The fourth-order valence-electron chi connectivity index (χ4n) is 2.05. The number of anilines is 1. The van der Waals surface area contributed by atoms with Crippen LogP contribution < -0.4 is 10.9 Å². The van der Waals surface area contributed by atoms with Gasteiger partial charge in [-0.15, -0.1) is 0 Å². The largest absolute Gasteiger partial charge is 0.381 e. The molecule has 1 aromatic heterocycles. The molecule has 1 rings (SSSR count). The van der Waals surface area contributed by atoms with Crippen LogP contribution in [-0.2, 0) is 6.54 Å². The van der Waals surface area contributed by atoms with E-state index in [9.17, 15) is 4.79 Å². The van der Waals surface area contributed by atoms with E-state index in [0.29, 0.717) is 12.2 Å². The van der Waals surface area contributed by atoms with Crippen molar-refractivity contribution in [2.24, 2.45) is 0 Å². The molecule has 1 heterocycles. The Hall–Kier alpha value is -1.07. The molecule has 0 unspecified atom stereocenters. The van der Waals surface area contributed by atoms with Crippen molar-refractivity contribution in [1.82, 2.24) is 14.7 Å². The van der Waals surface area contributed by atoms with Gasteiger partial charge in [0.15, 0.2) is 0 Å². The number of hydrogen-bond acceptors (Lipinski definition) is 4. The Kier molecular flexibility index (Phi) is 7.62. The lowest BCUT2D eigenvalue weighted by Gasteiger charge is -2.20. The number of likely N-dealkylation sites (N-methyl/N-ethyl adjacent to an activating group) is 1. The molecule has 0 aromatic carbocycles. The Morgan fingerprint density at radius 2 is 2.05 bits per heavy atom. The summed E-state index contributed by atoms with van der Waals surface area (Å²) in [6, 6.07) is 0. The Bertz CT molecular complexity index is 461. The highest BCUT2D eigenvalue weighted by molar-refractivity contribution is 6.32. The Balaban J connectivity index is 2.60. The summed E-state index contributed by atoms with van der Waals surface area (Å²) in [4.78, 5) is 14.3. The summed E-state index contributed by atoms with van der Waals surface area (Å²) >= 11 is 6.10. The molecule has 0 bridgehead atoms. The van der Waals surface area contributed by atoms with Crippen molar-refractivity contribution in [1.29, 1.82) is 0 Å². The SMILES string of the molecule is CCCN(CC)CCNc1cnn(CCC)c(=O)c1Cl. The van der Waals surface area contributed by atoms with Gasteiger partial charge in [-0.05, 0) is 25.9 Å². The zero-order chi connectivity index (χ0) is 15.0. The third-order valence-corrected chi connectivity index (χ3v) is 3.52. The van der Waals surface area contributed by atoms with Gasteiger partial charge in [0.1, 0.15) is 5.02 Å². The van der Waals surface area contributed by atoms with Crippen LogP contribution in [0.2, 0.25) is 5.02 Å². The lowest BCUT2D eigenvalue weighted by molar-refractivity contribution is 0.300. The first-order valence-corrected chi connectivity index (χ1v) is 7.73. The fraction of sp³-hybridized carbons (Fsp3) is 0.714. The summed E-state index contributed by atoms with van der Waals surface area (Å²) in [5.74, 6) is 0. The van der Waals surface area contributed by atoms with Gasteiger partial charge in [-0.2, -0.15) is 5.10 Å². The maximum atomic E-state index is 12.0. The normalized spacial score (nSPS) is 11.1. The number of nitrogens with zero attached hydrogens (tertiary/aromatic N) is 3.